The molecule has 0 heterocycles. The van der Waals surface area contributed by atoms with Crippen LogP contribution in [0.25, 0.3) is 0 Å². The SMILES string of the molecule is CC1=C(C2C=CC=CC2N)CCC=C1. The summed E-state index contributed by atoms with van der Waals surface area (Å²) in [6.07, 6.45) is 15.2. The molecule has 2 aliphatic carbocycles. The summed E-state index contributed by atoms with van der Waals surface area (Å²) in [5, 5.41) is 0. The lowest BCUT2D eigenvalue weighted by Crippen LogP contribution is -2.30. The molecular weight excluding hydrogens is 170 g/mol. The molecule has 1 nitrogen and oxygen atoms in total. The van der Waals surface area contributed by atoms with E-state index in [1.807, 2.05) is 6.08 Å². The van der Waals surface area contributed by atoms with E-state index in [0.29, 0.717) is 5.92 Å². The highest BCUT2D eigenvalue weighted by molar-refractivity contribution is 5.35. The number of allylic oxidation sites excluding steroid dienone is 5. The Kier molecular flexibility index (Phi) is 2.69. The van der Waals surface area contributed by atoms with Crippen LogP contribution in [-0.4, -0.2) is 6.04 Å². The van der Waals surface area contributed by atoms with Gasteiger partial charge in [0.1, 0.15) is 0 Å². The third-order valence-corrected chi connectivity index (χ3v) is 3.03. The first kappa shape index (κ1) is 9.47. The Morgan fingerprint density at radius 3 is 2.79 bits per heavy atom. The first-order valence-corrected chi connectivity index (χ1v) is 5.26. The van der Waals surface area contributed by atoms with Gasteiger partial charge in [-0.25, -0.2) is 0 Å². The van der Waals surface area contributed by atoms with Crippen molar-refractivity contribution in [3.63, 3.8) is 0 Å². The predicted octanol–water partition coefficient (Wildman–Crippen LogP) is 2.72. The van der Waals surface area contributed by atoms with E-state index in [-0.39, 0.29) is 6.04 Å². The molecule has 74 valence electrons. The first-order chi connectivity index (χ1) is 6.79. The molecular formula is C13H17N. The fourth-order valence-corrected chi connectivity index (χ4v) is 2.21. The summed E-state index contributed by atoms with van der Waals surface area (Å²) in [5.41, 5.74) is 8.99. The van der Waals surface area contributed by atoms with Gasteiger partial charge in [-0.3, -0.25) is 0 Å². The van der Waals surface area contributed by atoms with E-state index in [2.05, 4.69) is 37.3 Å². The summed E-state index contributed by atoms with van der Waals surface area (Å²) in [4.78, 5) is 0. The van der Waals surface area contributed by atoms with Crippen molar-refractivity contribution in [1.29, 1.82) is 0 Å². The second-order valence-electron chi connectivity index (χ2n) is 4.02. The minimum absolute atomic E-state index is 0.163. The van der Waals surface area contributed by atoms with Crippen molar-refractivity contribution in [2.75, 3.05) is 0 Å². The summed E-state index contributed by atoms with van der Waals surface area (Å²) >= 11 is 0. The van der Waals surface area contributed by atoms with Crippen LogP contribution in [0.2, 0.25) is 0 Å². The van der Waals surface area contributed by atoms with Gasteiger partial charge in [-0.05, 0) is 19.8 Å². The molecule has 2 rings (SSSR count). The average Bonchev–Trinajstić information content (AvgIpc) is 2.20. The van der Waals surface area contributed by atoms with Crippen molar-refractivity contribution in [2.45, 2.75) is 25.8 Å². The van der Waals surface area contributed by atoms with Gasteiger partial charge in [0.05, 0.1) is 0 Å². The van der Waals surface area contributed by atoms with Crippen molar-refractivity contribution in [1.82, 2.24) is 0 Å². The molecule has 2 N–H and O–H groups in total. The van der Waals surface area contributed by atoms with Crippen LogP contribution in [-0.2, 0) is 0 Å². The van der Waals surface area contributed by atoms with Crippen molar-refractivity contribution in [2.24, 2.45) is 11.7 Å². The highest BCUT2D eigenvalue weighted by Gasteiger charge is 2.20. The third-order valence-electron chi connectivity index (χ3n) is 3.03. The lowest BCUT2D eigenvalue weighted by molar-refractivity contribution is 0.615. The number of hydrogen-bond acceptors (Lipinski definition) is 1. The van der Waals surface area contributed by atoms with Gasteiger partial charge in [-0.2, -0.15) is 0 Å². The van der Waals surface area contributed by atoms with Crippen LogP contribution in [0.5, 0.6) is 0 Å². The van der Waals surface area contributed by atoms with Gasteiger partial charge in [0, 0.05) is 12.0 Å². The average molecular weight is 187 g/mol. The molecule has 0 spiro atoms. The highest BCUT2D eigenvalue weighted by Crippen LogP contribution is 2.30. The molecule has 0 aromatic heterocycles. The van der Waals surface area contributed by atoms with Crippen LogP contribution in [0.3, 0.4) is 0 Å². The molecule has 0 radical (unpaired) electrons. The Morgan fingerprint density at radius 1 is 1.29 bits per heavy atom. The van der Waals surface area contributed by atoms with E-state index in [0.717, 1.165) is 6.42 Å². The van der Waals surface area contributed by atoms with Gasteiger partial charge >= 0.3 is 0 Å². The maximum absolute atomic E-state index is 6.08. The Labute approximate surface area is 85.7 Å². The standard InChI is InChI=1S/C13H17N/c1-10-6-2-3-7-11(10)12-8-4-5-9-13(12)14/h2,4-6,8-9,12-13H,3,7,14H2,1H3. The molecule has 14 heavy (non-hydrogen) atoms. The maximum atomic E-state index is 6.08. The largest absolute Gasteiger partial charge is 0.324 e. The van der Waals surface area contributed by atoms with E-state index >= 15 is 0 Å². The quantitative estimate of drug-likeness (QED) is 0.671. The van der Waals surface area contributed by atoms with Crippen molar-refractivity contribution < 1.29 is 0 Å². The summed E-state index contributed by atoms with van der Waals surface area (Å²) in [5.74, 6) is 0.421. The first-order valence-electron chi connectivity index (χ1n) is 5.26. The van der Waals surface area contributed by atoms with Gasteiger partial charge in [-0.15, -0.1) is 0 Å². The number of rotatable bonds is 1. The maximum Gasteiger partial charge on any atom is 0.0328 e. The summed E-state index contributed by atoms with van der Waals surface area (Å²) in [6.45, 7) is 2.18. The van der Waals surface area contributed by atoms with Gasteiger partial charge in [0.25, 0.3) is 0 Å². The molecule has 2 atom stereocenters. The van der Waals surface area contributed by atoms with E-state index in [1.54, 1.807) is 0 Å². The van der Waals surface area contributed by atoms with Gasteiger partial charge in [-0.1, -0.05) is 47.6 Å². The molecule has 0 aromatic rings. The summed E-state index contributed by atoms with van der Waals surface area (Å²) in [7, 11) is 0. The third kappa shape index (κ3) is 1.73. The minimum atomic E-state index is 0.163. The fraction of sp³-hybridized carbons (Fsp3) is 0.385. The highest BCUT2D eigenvalue weighted by atomic mass is 14.6. The Hall–Kier alpha value is -1.08. The molecule has 0 fully saturated rings. The molecule has 0 amide bonds. The monoisotopic (exact) mass is 187 g/mol. The van der Waals surface area contributed by atoms with Crippen molar-refractivity contribution in [3.05, 3.63) is 47.6 Å². The smallest absolute Gasteiger partial charge is 0.0328 e. The minimum Gasteiger partial charge on any atom is -0.324 e. The number of nitrogens with two attached hydrogens (primary N) is 1. The van der Waals surface area contributed by atoms with E-state index in [1.165, 1.54) is 17.6 Å². The second-order valence-corrected chi connectivity index (χ2v) is 4.02. The second kappa shape index (κ2) is 3.97. The zero-order valence-corrected chi connectivity index (χ0v) is 8.61. The van der Waals surface area contributed by atoms with Gasteiger partial charge < -0.3 is 5.73 Å². The molecule has 0 aromatic carbocycles. The molecule has 0 aliphatic heterocycles. The Morgan fingerprint density at radius 2 is 2.07 bits per heavy atom. The van der Waals surface area contributed by atoms with Crippen molar-refractivity contribution in [3.8, 4) is 0 Å². The van der Waals surface area contributed by atoms with E-state index in [9.17, 15) is 0 Å². The zero-order chi connectivity index (χ0) is 9.97. The molecule has 1 heteroatoms. The van der Waals surface area contributed by atoms with Crippen LogP contribution >= 0.6 is 0 Å². The summed E-state index contributed by atoms with van der Waals surface area (Å²) in [6, 6.07) is 0.163. The van der Waals surface area contributed by atoms with E-state index in [4.69, 9.17) is 5.73 Å². The van der Waals surface area contributed by atoms with Crippen LogP contribution in [0.1, 0.15) is 19.8 Å². The zero-order valence-electron chi connectivity index (χ0n) is 8.61. The normalized spacial score (nSPS) is 31.3. The fourth-order valence-electron chi connectivity index (χ4n) is 2.21. The van der Waals surface area contributed by atoms with Crippen molar-refractivity contribution >= 4 is 0 Å². The van der Waals surface area contributed by atoms with Crippen LogP contribution in [0, 0.1) is 5.92 Å². The van der Waals surface area contributed by atoms with Crippen LogP contribution in [0.4, 0.5) is 0 Å². The lowest BCUT2D eigenvalue weighted by atomic mass is 9.82. The molecule has 0 bridgehead atoms. The Bertz CT molecular complexity index is 331. The van der Waals surface area contributed by atoms with Gasteiger partial charge in [0.15, 0.2) is 0 Å². The molecule has 2 unspecified atom stereocenters. The number of hydrogen-bond donors (Lipinski definition) is 1. The lowest BCUT2D eigenvalue weighted by Gasteiger charge is -2.26. The van der Waals surface area contributed by atoms with Crippen LogP contribution in [0.15, 0.2) is 47.6 Å². The Balaban J connectivity index is 2.26. The van der Waals surface area contributed by atoms with E-state index < -0.39 is 0 Å². The molecule has 2 aliphatic rings. The van der Waals surface area contributed by atoms with Crippen LogP contribution < -0.4 is 5.73 Å². The molecule has 0 saturated heterocycles. The molecule has 0 saturated carbocycles. The predicted molar refractivity (Wildman–Crippen MR) is 60.8 cm³/mol. The summed E-state index contributed by atoms with van der Waals surface area (Å²) < 4.78 is 0. The van der Waals surface area contributed by atoms with Gasteiger partial charge in [0.2, 0.25) is 0 Å². The topological polar surface area (TPSA) is 26.0 Å².